The second-order valence-electron chi connectivity index (χ2n) is 8.19. The van der Waals surface area contributed by atoms with Crippen molar-refractivity contribution < 1.29 is 13.6 Å². The Morgan fingerprint density at radius 2 is 1.56 bits per heavy atom. The van der Waals surface area contributed by atoms with E-state index in [-0.39, 0.29) is 23.7 Å². The summed E-state index contributed by atoms with van der Waals surface area (Å²) in [5.41, 5.74) is 3.29. The van der Waals surface area contributed by atoms with Gasteiger partial charge in [-0.15, -0.1) is 0 Å². The van der Waals surface area contributed by atoms with Crippen molar-refractivity contribution in [2.24, 2.45) is 0 Å². The van der Waals surface area contributed by atoms with E-state index < -0.39 is 17.7 Å². The monoisotopic (exact) mass is 431 g/mol. The van der Waals surface area contributed by atoms with Crippen molar-refractivity contribution in [3.05, 3.63) is 101 Å². The summed E-state index contributed by atoms with van der Waals surface area (Å²) in [5, 5.41) is 5.87. The van der Waals surface area contributed by atoms with Crippen LogP contribution in [0.2, 0.25) is 0 Å². The van der Waals surface area contributed by atoms with Gasteiger partial charge in [0.05, 0.1) is 17.8 Å². The molecule has 3 aromatic rings. The maximum absolute atomic E-state index is 13.9. The first-order chi connectivity index (χ1) is 15.6. The van der Waals surface area contributed by atoms with Crippen molar-refractivity contribution in [1.82, 2.24) is 10.2 Å². The van der Waals surface area contributed by atoms with E-state index in [4.69, 9.17) is 0 Å². The number of hydrogen-bond donors (Lipinski definition) is 2. The number of nitrogens with one attached hydrogen (secondary N) is 2. The maximum Gasteiger partial charge on any atom is 0.322 e. The highest BCUT2D eigenvalue weighted by Gasteiger charge is 2.53. The van der Waals surface area contributed by atoms with Gasteiger partial charge in [0.2, 0.25) is 0 Å². The van der Waals surface area contributed by atoms with Gasteiger partial charge in [-0.1, -0.05) is 66.7 Å². The topological polar surface area (TPSA) is 44.4 Å². The van der Waals surface area contributed by atoms with Crippen LogP contribution in [0.5, 0.6) is 0 Å². The first-order valence-corrected chi connectivity index (χ1v) is 10.7. The van der Waals surface area contributed by atoms with Gasteiger partial charge in [-0.3, -0.25) is 0 Å². The van der Waals surface area contributed by atoms with Crippen LogP contribution in [0, 0.1) is 11.6 Å². The van der Waals surface area contributed by atoms with Crippen LogP contribution >= 0.6 is 0 Å². The Balaban J connectivity index is 1.28. The highest BCUT2D eigenvalue weighted by Crippen LogP contribution is 2.43. The lowest BCUT2D eigenvalue weighted by Crippen LogP contribution is -2.74. The zero-order valence-corrected chi connectivity index (χ0v) is 17.3. The lowest BCUT2D eigenvalue weighted by Gasteiger charge is -2.59. The summed E-state index contributed by atoms with van der Waals surface area (Å²) in [5.74, 6) is -1.03. The molecule has 2 aliphatic rings. The van der Waals surface area contributed by atoms with Crippen LogP contribution in [0.1, 0.15) is 22.6 Å². The van der Waals surface area contributed by atoms with Crippen LogP contribution < -0.4 is 10.6 Å². The van der Waals surface area contributed by atoms with E-state index in [1.807, 2.05) is 18.2 Å². The van der Waals surface area contributed by atoms with E-state index >= 15 is 0 Å². The molecule has 2 aliphatic heterocycles. The number of rotatable bonds is 4. The molecule has 2 N–H and O–H groups in total. The van der Waals surface area contributed by atoms with Crippen LogP contribution in [0.3, 0.4) is 0 Å². The third kappa shape index (κ3) is 3.89. The molecule has 0 spiro atoms. The molecule has 0 aromatic heterocycles. The fourth-order valence-electron chi connectivity index (χ4n) is 4.68. The largest absolute Gasteiger partial charge is 0.322 e. The zero-order valence-electron chi connectivity index (χ0n) is 17.3. The molecule has 0 saturated carbocycles. The molecule has 2 saturated heterocycles. The third-order valence-electron chi connectivity index (χ3n) is 6.24. The lowest BCUT2D eigenvalue weighted by molar-refractivity contribution is 0.00198. The summed E-state index contributed by atoms with van der Waals surface area (Å²) in [6.07, 6.45) is 4.16. The van der Waals surface area contributed by atoms with Crippen LogP contribution in [-0.2, 0) is 0 Å². The highest BCUT2D eigenvalue weighted by molar-refractivity contribution is 5.91. The molecule has 0 aliphatic carbocycles. The Morgan fingerprint density at radius 3 is 2.25 bits per heavy atom. The maximum atomic E-state index is 13.9. The highest BCUT2D eigenvalue weighted by atomic mass is 19.1. The van der Waals surface area contributed by atoms with Crippen molar-refractivity contribution in [1.29, 1.82) is 0 Å². The van der Waals surface area contributed by atoms with Gasteiger partial charge in [-0.25, -0.2) is 13.6 Å². The van der Waals surface area contributed by atoms with Crippen molar-refractivity contribution >= 4 is 23.9 Å². The molecule has 1 unspecified atom stereocenters. The predicted molar refractivity (Wildman–Crippen MR) is 122 cm³/mol. The van der Waals surface area contributed by atoms with Gasteiger partial charge in [0, 0.05) is 25.1 Å². The third-order valence-corrected chi connectivity index (χ3v) is 6.24. The van der Waals surface area contributed by atoms with E-state index in [1.54, 1.807) is 4.90 Å². The number of carbonyl (C=O) groups is 1. The van der Waals surface area contributed by atoms with Gasteiger partial charge in [0.15, 0.2) is 0 Å². The van der Waals surface area contributed by atoms with E-state index in [0.717, 1.165) is 29.3 Å². The van der Waals surface area contributed by atoms with Crippen LogP contribution in [0.4, 0.5) is 19.3 Å². The Morgan fingerprint density at radius 1 is 0.906 bits per heavy atom. The van der Waals surface area contributed by atoms with E-state index in [9.17, 15) is 13.6 Å². The zero-order chi connectivity index (χ0) is 22.1. The summed E-state index contributed by atoms with van der Waals surface area (Å²) in [6, 6.07) is 21.1. The smallest absolute Gasteiger partial charge is 0.315 e. The molecule has 4 nitrogen and oxygen atoms in total. The number of benzene rings is 3. The Kier molecular flexibility index (Phi) is 5.45. The standard InChI is InChI=1S/C26H23F2N3O/c27-20-12-13-21(28)22(14-20)30-26(32)31-23-15-29-16-24(31)25(23)19-10-8-18(9-11-19)7-6-17-4-2-1-3-5-17/h1-14,23-25,29H,15-16H2,(H,30,32)/b7-6+/t23-,24+,25?. The molecular weight excluding hydrogens is 408 g/mol. The molecule has 162 valence electrons. The Labute approximate surface area is 185 Å². The summed E-state index contributed by atoms with van der Waals surface area (Å²) in [6.45, 7) is 1.33. The van der Waals surface area contributed by atoms with Gasteiger partial charge in [-0.2, -0.15) is 0 Å². The molecule has 32 heavy (non-hydrogen) atoms. The number of nitrogens with zero attached hydrogens (tertiary/aromatic N) is 1. The summed E-state index contributed by atoms with van der Waals surface area (Å²) >= 11 is 0. The molecule has 5 rings (SSSR count). The SMILES string of the molecule is O=C(Nc1cc(F)ccc1F)N1[C@@H]2CNC[C@H]1C2c1ccc(/C=C/c2ccccc2)cc1. The normalized spacial score (nSPS) is 21.9. The van der Waals surface area contributed by atoms with Gasteiger partial charge >= 0.3 is 6.03 Å². The molecule has 0 radical (unpaired) electrons. The van der Waals surface area contributed by atoms with Crippen molar-refractivity contribution in [3.63, 3.8) is 0 Å². The number of hydrogen-bond acceptors (Lipinski definition) is 2. The fourth-order valence-corrected chi connectivity index (χ4v) is 4.68. The quantitative estimate of drug-likeness (QED) is 0.564. The molecule has 6 heteroatoms. The molecule has 3 atom stereocenters. The van der Waals surface area contributed by atoms with Crippen molar-refractivity contribution in [2.75, 3.05) is 18.4 Å². The minimum absolute atomic E-state index is 0.0314. The van der Waals surface area contributed by atoms with Gasteiger partial charge in [-0.05, 0) is 28.8 Å². The van der Waals surface area contributed by atoms with Gasteiger partial charge in [0.25, 0.3) is 0 Å². The first kappa shape index (κ1) is 20.4. The molecule has 2 amide bonds. The van der Waals surface area contributed by atoms with Crippen molar-refractivity contribution in [3.8, 4) is 0 Å². The number of halogens is 2. The van der Waals surface area contributed by atoms with Crippen molar-refractivity contribution in [2.45, 2.75) is 18.0 Å². The van der Waals surface area contributed by atoms with E-state index in [2.05, 4.69) is 59.2 Å². The minimum atomic E-state index is -0.653. The number of amides is 2. The summed E-state index contributed by atoms with van der Waals surface area (Å²) < 4.78 is 27.4. The Hall–Kier alpha value is -3.51. The number of fused-ring (bicyclic) bond motifs is 2. The van der Waals surface area contributed by atoms with Gasteiger partial charge in [0.1, 0.15) is 11.6 Å². The van der Waals surface area contributed by atoms with Crippen LogP contribution in [0.15, 0.2) is 72.8 Å². The fraction of sp³-hybridized carbons (Fsp3) is 0.192. The van der Waals surface area contributed by atoms with Crippen LogP contribution in [0.25, 0.3) is 12.2 Å². The Bertz CT molecular complexity index is 1140. The molecule has 2 heterocycles. The summed E-state index contributed by atoms with van der Waals surface area (Å²) in [4.78, 5) is 14.6. The summed E-state index contributed by atoms with van der Waals surface area (Å²) in [7, 11) is 0. The molecule has 2 bridgehead atoms. The van der Waals surface area contributed by atoms with Crippen LogP contribution in [-0.4, -0.2) is 36.1 Å². The number of piperidine rings is 1. The number of urea groups is 1. The average molecular weight is 431 g/mol. The van der Waals surface area contributed by atoms with E-state index in [0.29, 0.717) is 13.1 Å². The van der Waals surface area contributed by atoms with Gasteiger partial charge < -0.3 is 15.5 Å². The lowest BCUT2D eigenvalue weighted by atomic mass is 9.72. The molecular formula is C26H23F2N3O. The number of anilines is 1. The number of carbonyl (C=O) groups excluding carboxylic acids is 1. The number of piperazine rings is 1. The first-order valence-electron chi connectivity index (χ1n) is 10.7. The molecule has 3 aromatic carbocycles. The van der Waals surface area contributed by atoms with E-state index in [1.165, 1.54) is 5.56 Å². The second-order valence-corrected chi connectivity index (χ2v) is 8.19. The molecule has 2 fully saturated rings. The predicted octanol–water partition coefficient (Wildman–Crippen LogP) is 5.11. The average Bonchev–Trinajstić information content (AvgIpc) is 2.82. The minimum Gasteiger partial charge on any atom is -0.315 e. The second kappa shape index (κ2) is 8.55.